The second kappa shape index (κ2) is 8.82. The molecule has 1 atom stereocenters. The Morgan fingerprint density at radius 1 is 1.07 bits per heavy atom. The topological polar surface area (TPSA) is 61.4 Å². The number of amides is 2. The molecule has 0 spiro atoms. The van der Waals surface area contributed by atoms with Gasteiger partial charge in [0.05, 0.1) is 6.04 Å². The highest BCUT2D eigenvalue weighted by molar-refractivity contribution is 5.94. The molecule has 1 aliphatic rings. The summed E-state index contributed by atoms with van der Waals surface area (Å²) in [6.45, 7) is 6.59. The molecule has 3 rings (SSSR count). The highest BCUT2D eigenvalue weighted by atomic mass is 16.2. The lowest BCUT2D eigenvalue weighted by Crippen LogP contribution is -2.27. The Kier molecular flexibility index (Phi) is 6.24. The van der Waals surface area contributed by atoms with E-state index in [2.05, 4.69) is 21.6 Å². The standard InChI is InChI=1S/C22H27N3O2/c1-16(19-8-6-10-21(14-19)24-17(2)26)23-22(27)20-9-5-7-18(13-20)15-25-11-3-4-12-25/h5-10,13-14,16H,3-4,11-12,15H2,1-2H3,(H,23,27)(H,24,26). The van der Waals surface area contributed by atoms with E-state index in [1.54, 1.807) is 0 Å². The third kappa shape index (κ3) is 5.41. The second-order valence-corrected chi connectivity index (χ2v) is 7.19. The SMILES string of the molecule is CC(=O)Nc1cccc(C(C)NC(=O)c2cccc(CN3CCCC3)c2)c1. The van der Waals surface area contributed by atoms with Crippen LogP contribution in [0.3, 0.4) is 0 Å². The van der Waals surface area contributed by atoms with Crippen LogP contribution in [0.5, 0.6) is 0 Å². The Morgan fingerprint density at radius 3 is 2.56 bits per heavy atom. The van der Waals surface area contributed by atoms with Crippen molar-refractivity contribution in [2.45, 2.75) is 39.3 Å². The number of nitrogens with zero attached hydrogens (tertiary/aromatic N) is 1. The van der Waals surface area contributed by atoms with Crippen LogP contribution in [0.4, 0.5) is 5.69 Å². The fraction of sp³-hybridized carbons (Fsp3) is 0.364. The summed E-state index contributed by atoms with van der Waals surface area (Å²) in [6.07, 6.45) is 2.52. The molecule has 1 fully saturated rings. The number of benzene rings is 2. The van der Waals surface area contributed by atoms with Crippen LogP contribution < -0.4 is 10.6 Å². The van der Waals surface area contributed by atoms with E-state index in [-0.39, 0.29) is 17.9 Å². The largest absolute Gasteiger partial charge is 0.346 e. The monoisotopic (exact) mass is 365 g/mol. The normalized spacial score (nSPS) is 15.3. The van der Waals surface area contributed by atoms with Crippen molar-refractivity contribution in [3.63, 3.8) is 0 Å². The number of hydrogen-bond acceptors (Lipinski definition) is 3. The van der Waals surface area contributed by atoms with E-state index in [0.29, 0.717) is 5.56 Å². The van der Waals surface area contributed by atoms with Gasteiger partial charge in [-0.15, -0.1) is 0 Å². The van der Waals surface area contributed by atoms with Crippen molar-refractivity contribution in [2.24, 2.45) is 0 Å². The summed E-state index contributed by atoms with van der Waals surface area (Å²) in [4.78, 5) is 26.3. The zero-order valence-electron chi connectivity index (χ0n) is 16.0. The molecule has 1 aliphatic heterocycles. The fourth-order valence-electron chi connectivity index (χ4n) is 3.46. The molecule has 1 unspecified atom stereocenters. The highest BCUT2D eigenvalue weighted by Crippen LogP contribution is 2.19. The van der Waals surface area contributed by atoms with Crippen LogP contribution in [0.25, 0.3) is 0 Å². The molecule has 2 aromatic carbocycles. The molecular weight excluding hydrogens is 338 g/mol. The van der Waals surface area contributed by atoms with Gasteiger partial charge in [0.2, 0.25) is 5.91 Å². The maximum atomic E-state index is 12.7. The number of carbonyl (C=O) groups excluding carboxylic acids is 2. The summed E-state index contributed by atoms with van der Waals surface area (Å²) in [5, 5.41) is 5.82. The van der Waals surface area contributed by atoms with Gasteiger partial charge < -0.3 is 10.6 Å². The first-order chi connectivity index (χ1) is 13.0. The average Bonchev–Trinajstić information content (AvgIpc) is 3.14. The van der Waals surface area contributed by atoms with E-state index in [1.807, 2.05) is 49.4 Å². The molecule has 27 heavy (non-hydrogen) atoms. The Bertz CT molecular complexity index is 813. The first kappa shape index (κ1) is 19.1. The predicted molar refractivity (Wildman–Crippen MR) is 108 cm³/mol. The number of nitrogens with one attached hydrogen (secondary N) is 2. The van der Waals surface area contributed by atoms with Gasteiger partial charge in [0.1, 0.15) is 0 Å². The van der Waals surface area contributed by atoms with Gasteiger partial charge in [-0.3, -0.25) is 14.5 Å². The quantitative estimate of drug-likeness (QED) is 0.820. The van der Waals surface area contributed by atoms with E-state index in [0.717, 1.165) is 30.9 Å². The molecule has 0 saturated carbocycles. The van der Waals surface area contributed by atoms with Gasteiger partial charge in [0, 0.05) is 24.7 Å². The second-order valence-electron chi connectivity index (χ2n) is 7.19. The number of rotatable bonds is 6. The number of anilines is 1. The Labute approximate surface area is 160 Å². The van der Waals surface area contributed by atoms with Gasteiger partial charge in [-0.2, -0.15) is 0 Å². The molecule has 2 amide bonds. The lowest BCUT2D eigenvalue weighted by Gasteiger charge is -2.17. The zero-order valence-corrected chi connectivity index (χ0v) is 16.0. The molecule has 0 radical (unpaired) electrons. The molecular formula is C22H27N3O2. The first-order valence-electron chi connectivity index (χ1n) is 9.51. The molecule has 5 heteroatoms. The molecule has 2 N–H and O–H groups in total. The number of carbonyl (C=O) groups is 2. The van der Waals surface area contributed by atoms with Crippen molar-refractivity contribution in [1.82, 2.24) is 10.2 Å². The fourth-order valence-corrected chi connectivity index (χ4v) is 3.46. The summed E-state index contributed by atoms with van der Waals surface area (Å²) in [5.41, 5.74) is 3.53. The molecule has 1 saturated heterocycles. The Hall–Kier alpha value is -2.66. The van der Waals surface area contributed by atoms with E-state index in [9.17, 15) is 9.59 Å². The van der Waals surface area contributed by atoms with Crippen LogP contribution >= 0.6 is 0 Å². The van der Waals surface area contributed by atoms with Crippen LogP contribution in [0, 0.1) is 0 Å². The molecule has 5 nitrogen and oxygen atoms in total. The van der Waals surface area contributed by atoms with Gasteiger partial charge in [-0.05, 0) is 68.2 Å². The number of hydrogen-bond donors (Lipinski definition) is 2. The van der Waals surface area contributed by atoms with Crippen LogP contribution in [-0.4, -0.2) is 29.8 Å². The number of likely N-dealkylation sites (tertiary alicyclic amines) is 1. The first-order valence-corrected chi connectivity index (χ1v) is 9.51. The van der Waals surface area contributed by atoms with Crippen LogP contribution in [0.1, 0.15) is 54.2 Å². The summed E-state index contributed by atoms with van der Waals surface area (Å²) in [5.74, 6) is -0.200. The van der Waals surface area contributed by atoms with Crippen molar-refractivity contribution in [1.29, 1.82) is 0 Å². The molecule has 1 heterocycles. The Balaban J connectivity index is 1.65. The average molecular weight is 365 g/mol. The molecule has 0 aromatic heterocycles. The van der Waals surface area contributed by atoms with Gasteiger partial charge in [-0.25, -0.2) is 0 Å². The maximum absolute atomic E-state index is 12.7. The summed E-state index contributed by atoms with van der Waals surface area (Å²) >= 11 is 0. The summed E-state index contributed by atoms with van der Waals surface area (Å²) in [7, 11) is 0. The van der Waals surface area contributed by atoms with Crippen LogP contribution in [0.2, 0.25) is 0 Å². The van der Waals surface area contributed by atoms with Crippen molar-refractivity contribution in [3.05, 3.63) is 65.2 Å². The van der Waals surface area contributed by atoms with E-state index >= 15 is 0 Å². The molecule has 0 aliphatic carbocycles. The molecule has 0 bridgehead atoms. The molecule has 142 valence electrons. The van der Waals surface area contributed by atoms with Crippen LogP contribution in [0.15, 0.2) is 48.5 Å². The Morgan fingerprint density at radius 2 is 1.81 bits per heavy atom. The van der Waals surface area contributed by atoms with Crippen molar-refractivity contribution in [3.8, 4) is 0 Å². The van der Waals surface area contributed by atoms with Crippen molar-refractivity contribution >= 4 is 17.5 Å². The van der Waals surface area contributed by atoms with Crippen LogP contribution in [-0.2, 0) is 11.3 Å². The van der Waals surface area contributed by atoms with Gasteiger partial charge in [0.25, 0.3) is 5.91 Å². The van der Waals surface area contributed by atoms with E-state index in [1.165, 1.54) is 25.3 Å². The van der Waals surface area contributed by atoms with E-state index < -0.39 is 0 Å². The van der Waals surface area contributed by atoms with E-state index in [4.69, 9.17) is 0 Å². The third-order valence-electron chi connectivity index (χ3n) is 4.85. The van der Waals surface area contributed by atoms with Crippen molar-refractivity contribution in [2.75, 3.05) is 18.4 Å². The smallest absolute Gasteiger partial charge is 0.251 e. The van der Waals surface area contributed by atoms with Gasteiger partial charge >= 0.3 is 0 Å². The minimum Gasteiger partial charge on any atom is -0.346 e. The zero-order chi connectivity index (χ0) is 19.2. The van der Waals surface area contributed by atoms with Crippen molar-refractivity contribution < 1.29 is 9.59 Å². The van der Waals surface area contributed by atoms with Gasteiger partial charge in [0.15, 0.2) is 0 Å². The highest BCUT2D eigenvalue weighted by Gasteiger charge is 2.15. The summed E-state index contributed by atoms with van der Waals surface area (Å²) < 4.78 is 0. The van der Waals surface area contributed by atoms with Gasteiger partial charge in [-0.1, -0.05) is 24.3 Å². The predicted octanol–water partition coefficient (Wildman–Crippen LogP) is 3.73. The minimum atomic E-state index is -0.159. The minimum absolute atomic E-state index is 0.0873. The summed E-state index contributed by atoms with van der Waals surface area (Å²) in [6, 6.07) is 15.2. The lowest BCUT2D eigenvalue weighted by molar-refractivity contribution is -0.114. The molecule has 2 aromatic rings. The maximum Gasteiger partial charge on any atom is 0.251 e. The third-order valence-corrected chi connectivity index (χ3v) is 4.85. The lowest BCUT2D eigenvalue weighted by atomic mass is 10.1.